The molecule has 1 heterocycles. The maximum Gasteiger partial charge on any atom is 0.326 e. The Balaban J connectivity index is 1.50. The van der Waals surface area contributed by atoms with Crippen LogP contribution in [0.4, 0.5) is 11.5 Å². The zero-order valence-corrected chi connectivity index (χ0v) is 19.0. The second kappa shape index (κ2) is 9.86. The molecule has 0 radical (unpaired) electrons. The summed E-state index contributed by atoms with van der Waals surface area (Å²) in [6.07, 6.45) is 2.85. The number of carboxylic acid groups (broad SMARTS) is 1. The number of aliphatic carboxylic acids is 1. The second-order valence-electron chi connectivity index (χ2n) is 8.33. The number of carbonyl (C=O) groups is 2. The number of carbonyl (C=O) groups excluding carboxylic acids is 1. The van der Waals surface area contributed by atoms with Gasteiger partial charge in [0.15, 0.2) is 5.78 Å². The summed E-state index contributed by atoms with van der Waals surface area (Å²) in [5.41, 5.74) is 4.33. The van der Waals surface area contributed by atoms with E-state index in [-0.39, 0.29) is 5.78 Å². The van der Waals surface area contributed by atoms with Gasteiger partial charge >= 0.3 is 5.97 Å². The number of aromatic nitrogens is 1. The Morgan fingerprint density at radius 3 is 2.52 bits per heavy atom. The van der Waals surface area contributed by atoms with Crippen LogP contribution in [0.1, 0.15) is 44.4 Å². The maximum absolute atomic E-state index is 12.0. The summed E-state index contributed by atoms with van der Waals surface area (Å²) in [5.74, 6) is 0.00658. The molecule has 0 spiro atoms. The van der Waals surface area contributed by atoms with Crippen molar-refractivity contribution in [3.63, 3.8) is 0 Å². The highest BCUT2D eigenvalue weighted by Gasteiger charge is 2.26. The molecule has 3 N–H and O–H groups in total. The fourth-order valence-electron chi connectivity index (χ4n) is 4.32. The molecule has 6 heteroatoms. The normalized spacial score (nSPS) is 14.5. The van der Waals surface area contributed by atoms with Gasteiger partial charge in [-0.25, -0.2) is 9.78 Å². The standard InChI is InChI=1S/C27H29N3O3/c1-3-19-16-18-7-5-6-8-22(18)26(28-19)29-20-11-9-17(10-12-20)15-24(27(32)33)30-23-13-14-25(31)21(23)4-2/h5-12,16,24,30H,3-4,13-15H2,1-2H3,(H,28,29)(H,32,33)/t24-/m0/s1. The van der Waals surface area contributed by atoms with Gasteiger partial charge in [-0.05, 0) is 48.4 Å². The Morgan fingerprint density at radius 1 is 1.06 bits per heavy atom. The van der Waals surface area contributed by atoms with Gasteiger partial charge in [-0.15, -0.1) is 0 Å². The van der Waals surface area contributed by atoms with Crippen LogP contribution in [0.5, 0.6) is 0 Å². The van der Waals surface area contributed by atoms with Crippen molar-refractivity contribution in [2.75, 3.05) is 5.32 Å². The van der Waals surface area contributed by atoms with E-state index >= 15 is 0 Å². The quantitative estimate of drug-likeness (QED) is 0.423. The fourth-order valence-corrected chi connectivity index (χ4v) is 4.32. The average Bonchev–Trinajstić information content (AvgIpc) is 3.18. The first kappa shape index (κ1) is 22.5. The van der Waals surface area contributed by atoms with Gasteiger partial charge in [-0.3, -0.25) is 4.79 Å². The number of benzene rings is 2. The van der Waals surface area contributed by atoms with Crippen molar-refractivity contribution in [3.05, 3.63) is 77.1 Å². The van der Waals surface area contributed by atoms with Crippen LogP contribution in [0.25, 0.3) is 10.8 Å². The summed E-state index contributed by atoms with van der Waals surface area (Å²) >= 11 is 0. The molecule has 0 fully saturated rings. The lowest BCUT2D eigenvalue weighted by atomic mass is 10.0. The van der Waals surface area contributed by atoms with Crippen molar-refractivity contribution in [3.8, 4) is 0 Å². The number of allylic oxidation sites excluding steroid dienone is 2. The number of nitrogens with one attached hydrogen (secondary N) is 2. The number of pyridine rings is 1. The summed E-state index contributed by atoms with van der Waals surface area (Å²) in [4.78, 5) is 28.6. The number of Topliss-reactive ketones (excluding diaryl/α,β-unsaturated/α-hetero) is 1. The molecule has 4 rings (SSSR count). The summed E-state index contributed by atoms with van der Waals surface area (Å²) in [7, 11) is 0. The van der Waals surface area contributed by atoms with E-state index in [9.17, 15) is 14.7 Å². The monoisotopic (exact) mass is 443 g/mol. The smallest absolute Gasteiger partial charge is 0.326 e. The Kier molecular flexibility index (Phi) is 6.73. The molecule has 0 saturated heterocycles. The van der Waals surface area contributed by atoms with E-state index < -0.39 is 12.0 Å². The first-order valence-electron chi connectivity index (χ1n) is 11.5. The molecule has 3 aromatic rings. The highest BCUT2D eigenvalue weighted by Crippen LogP contribution is 2.27. The minimum Gasteiger partial charge on any atom is -0.480 e. The Hall–Kier alpha value is -3.67. The summed E-state index contributed by atoms with van der Waals surface area (Å²) < 4.78 is 0. The van der Waals surface area contributed by atoms with Crippen LogP contribution in [0.2, 0.25) is 0 Å². The van der Waals surface area contributed by atoms with Gasteiger partial charge in [0.1, 0.15) is 11.9 Å². The largest absolute Gasteiger partial charge is 0.480 e. The van der Waals surface area contributed by atoms with E-state index in [1.54, 1.807) is 0 Å². The second-order valence-corrected chi connectivity index (χ2v) is 8.33. The molecule has 0 amide bonds. The zero-order chi connectivity index (χ0) is 23.4. The third-order valence-corrected chi connectivity index (χ3v) is 6.12. The Morgan fingerprint density at radius 2 is 1.82 bits per heavy atom. The number of anilines is 2. The minimum atomic E-state index is -0.924. The fraction of sp³-hybridized carbons (Fsp3) is 0.296. The molecule has 1 aliphatic rings. The predicted molar refractivity (Wildman–Crippen MR) is 131 cm³/mol. The lowest BCUT2D eigenvalue weighted by Crippen LogP contribution is -2.38. The molecule has 1 atom stereocenters. The Labute approximate surface area is 193 Å². The lowest BCUT2D eigenvalue weighted by Gasteiger charge is -2.18. The van der Waals surface area contributed by atoms with Gasteiger partial charge in [0.25, 0.3) is 0 Å². The Bertz CT molecular complexity index is 1220. The topological polar surface area (TPSA) is 91.3 Å². The summed E-state index contributed by atoms with van der Waals surface area (Å²) in [6.45, 7) is 4.01. The molecule has 6 nitrogen and oxygen atoms in total. The van der Waals surface area contributed by atoms with Crippen molar-refractivity contribution in [1.82, 2.24) is 10.3 Å². The zero-order valence-electron chi connectivity index (χ0n) is 19.0. The number of aryl methyl sites for hydroxylation is 1. The van der Waals surface area contributed by atoms with Crippen molar-refractivity contribution in [2.24, 2.45) is 0 Å². The van der Waals surface area contributed by atoms with Crippen LogP contribution in [0, 0.1) is 0 Å². The average molecular weight is 444 g/mol. The molecule has 0 aliphatic heterocycles. The van der Waals surface area contributed by atoms with Crippen molar-refractivity contribution in [2.45, 2.75) is 52.0 Å². The first-order valence-corrected chi connectivity index (χ1v) is 11.5. The molecule has 0 saturated carbocycles. The van der Waals surface area contributed by atoms with E-state index in [2.05, 4.69) is 35.8 Å². The van der Waals surface area contributed by atoms with Gasteiger partial charge in [-0.1, -0.05) is 50.2 Å². The van der Waals surface area contributed by atoms with Crippen LogP contribution in [-0.4, -0.2) is 27.9 Å². The van der Waals surface area contributed by atoms with Crippen molar-refractivity contribution < 1.29 is 14.7 Å². The number of hydrogen-bond acceptors (Lipinski definition) is 5. The molecule has 0 bridgehead atoms. The van der Waals surface area contributed by atoms with Gasteiger partial charge < -0.3 is 15.7 Å². The molecule has 0 unspecified atom stereocenters. The van der Waals surface area contributed by atoms with Crippen LogP contribution < -0.4 is 10.6 Å². The maximum atomic E-state index is 12.0. The molecule has 170 valence electrons. The number of nitrogens with zero attached hydrogens (tertiary/aromatic N) is 1. The lowest BCUT2D eigenvalue weighted by molar-refractivity contribution is -0.139. The van der Waals surface area contributed by atoms with Crippen molar-refractivity contribution >= 4 is 34.0 Å². The van der Waals surface area contributed by atoms with Crippen LogP contribution in [0.3, 0.4) is 0 Å². The molecular weight excluding hydrogens is 414 g/mol. The molecular formula is C27H29N3O3. The van der Waals surface area contributed by atoms with Crippen LogP contribution in [0.15, 0.2) is 65.9 Å². The number of hydrogen-bond donors (Lipinski definition) is 3. The van der Waals surface area contributed by atoms with Gasteiger partial charge in [0.05, 0.1) is 0 Å². The summed E-state index contributed by atoms with van der Waals surface area (Å²) in [6, 6.07) is 17.2. The predicted octanol–water partition coefficient (Wildman–Crippen LogP) is 5.15. The number of rotatable bonds is 9. The van der Waals surface area contributed by atoms with Gasteiger partial charge in [0.2, 0.25) is 0 Å². The van der Waals surface area contributed by atoms with E-state index in [0.29, 0.717) is 25.7 Å². The van der Waals surface area contributed by atoms with E-state index in [1.807, 2.05) is 43.3 Å². The third kappa shape index (κ3) is 5.06. The van der Waals surface area contributed by atoms with E-state index in [4.69, 9.17) is 4.98 Å². The van der Waals surface area contributed by atoms with Gasteiger partial charge in [0, 0.05) is 40.9 Å². The molecule has 2 aromatic carbocycles. The number of carboxylic acids is 1. The SMILES string of the molecule is CCC1=C(N[C@@H](Cc2ccc(Nc3nc(CC)cc4ccccc34)cc2)C(=O)O)CCC1=O. The number of fused-ring (bicyclic) bond motifs is 1. The van der Waals surface area contributed by atoms with Crippen LogP contribution >= 0.6 is 0 Å². The van der Waals surface area contributed by atoms with Gasteiger partial charge in [-0.2, -0.15) is 0 Å². The van der Waals surface area contributed by atoms with Crippen molar-refractivity contribution in [1.29, 1.82) is 0 Å². The third-order valence-electron chi connectivity index (χ3n) is 6.12. The highest BCUT2D eigenvalue weighted by atomic mass is 16.4. The van der Waals surface area contributed by atoms with E-state index in [0.717, 1.165) is 51.2 Å². The molecule has 1 aliphatic carbocycles. The highest BCUT2D eigenvalue weighted by molar-refractivity contribution is 5.98. The van der Waals surface area contributed by atoms with Crippen LogP contribution in [-0.2, 0) is 22.4 Å². The van der Waals surface area contributed by atoms with E-state index in [1.165, 1.54) is 0 Å². The first-order chi connectivity index (χ1) is 16.0. The molecule has 1 aromatic heterocycles. The number of ketones is 1. The molecule has 33 heavy (non-hydrogen) atoms. The summed E-state index contributed by atoms with van der Waals surface area (Å²) in [5, 5.41) is 18.5. The minimum absolute atomic E-state index is 0.118.